The molecule has 0 aromatic rings. The normalized spacial score (nSPS) is 33.1. The maximum atomic E-state index is 3.70. The second-order valence-electron chi connectivity index (χ2n) is 8.65. The first-order valence-corrected chi connectivity index (χ1v) is 11.7. The first-order chi connectivity index (χ1) is 12.8. The molecule has 0 amide bonds. The summed E-state index contributed by atoms with van der Waals surface area (Å²) in [5, 5.41) is 3.70. The van der Waals surface area contributed by atoms with Gasteiger partial charge in [0.25, 0.3) is 0 Å². The minimum Gasteiger partial charge on any atom is -0.785 e. The van der Waals surface area contributed by atoms with Crippen molar-refractivity contribution in [3.8, 4) is 0 Å². The Kier molecular flexibility index (Phi) is 8.03. The third kappa shape index (κ3) is 5.40. The second kappa shape index (κ2) is 9.62. The Morgan fingerprint density at radius 1 is 1.26 bits per heavy atom. The lowest BCUT2D eigenvalue weighted by atomic mass is 9.71. The first kappa shape index (κ1) is 22.5. The molecule has 1 radical (unpaired) electrons. The standard InChI is InChI=1S/C25H38IN/c1-7-16-25(9-3)18-27-17-21(24(5,6)26)13-12-20(8-2)22-14-10-19(4)11-15-23(22)25/h7,11-13,15-17,19-20,27H,8-10,14,18H2,1-6H3/q-1/b13-12-,16-7-,21-17+. The molecule has 1 heterocycles. The molecule has 0 aromatic heterocycles. The molecule has 2 heteroatoms. The SMILES string of the molecule is C/C=C\C1(CC)CN/C=C(C(C)(C)[I-])\C=C/C(CC)C2=C1C=CC(C)CC2. The molecule has 1 N–H and O–H groups in total. The fourth-order valence-corrected chi connectivity index (χ4v) is 4.66. The van der Waals surface area contributed by atoms with Crippen LogP contribution in [-0.4, -0.2) is 9.97 Å². The van der Waals surface area contributed by atoms with E-state index in [0.717, 1.165) is 19.4 Å². The molecule has 0 spiro atoms. The highest BCUT2D eigenvalue weighted by molar-refractivity contribution is 5.42. The lowest BCUT2D eigenvalue weighted by Crippen LogP contribution is -3.42. The monoisotopic (exact) mass is 479 g/mol. The summed E-state index contributed by atoms with van der Waals surface area (Å²) in [6, 6.07) is 0. The van der Waals surface area contributed by atoms with Crippen molar-refractivity contribution in [1.82, 2.24) is 5.32 Å². The van der Waals surface area contributed by atoms with Crippen molar-refractivity contribution in [2.24, 2.45) is 17.3 Å². The van der Waals surface area contributed by atoms with E-state index in [2.05, 4.69) is 112 Å². The highest BCUT2D eigenvalue weighted by atomic mass is 127. The van der Waals surface area contributed by atoms with Gasteiger partial charge in [-0.1, -0.05) is 82.2 Å². The lowest BCUT2D eigenvalue weighted by Gasteiger charge is -2.38. The largest absolute Gasteiger partial charge is 0.785 e. The summed E-state index contributed by atoms with van der Waals surface area (Å²) in [4.78, 5) is 0. The fraction of sp³-hybridized carbons (Fsp3) is 0.600. The van der Waals surface area contributed by atoms with Crippen LogP contribution in [-0.2, 0) is 0 Å². The number of hydrogen-bond acceptors (Lipinski definition) is 1. The van der Waals surface area contributed by atoms with Crippen LogP contribution in [0.25, 0.3) is 0 Å². The van der Waals surface area contributed by atoms with Gasteiger partial charge in [-0.05, 0) is 56.2 Å². The summed E-state index contributed by atoms with van der Waals surface area (Å²) < 4.78 is 0.114. The molecule has 2 rings (SSSR count). The highest BCUT2D eigenvalue weighted by Crippen LogP contribution is 2.42. The molecular weight excluding hydrogens is 441 g/mol. The Morgan fingerprint density at radius 3 is 2.59 bits per heavy atom. The van der Waals surface area contributed by atoms with Crippen LogP contribution in [0.4, 0.5) is 0 Å². The zero-order valence-electron chi connectivity index (χ0n) is 18.1. The maximum Gasteiger partial charge on any atom is 0.0301 e. The van der Waals surface area contributed by atoms with Gasteiger partial charge in [-0.25, -0.2) is 0 Å². The van der Waals surface area contributed by atoms with E-state index in [1.54, 1.807) is 11.1 Å². The Morgan fingerprint density at radius 2 is 2.00 bits per heavy atom. The number of halogens is 1. The highest BCUT2D eigenvalue weighted by Gasteiger charge is 2.33. The maximum absolute atomic E-state index is 3.70. The summed E-state index contributed by atoms with van der Waals surface area (Å²) in [5.41, 5.74) is 4.64. The molecule has 1 aliphatic heterocycles. The van der Waals surface area contributed by atoms with Gasteiger partial charge in [-0.3, -0.25) is 0 Å². The lowest BCUT2D eigenvalue weighted by molar-refractivity contribution is -0.449. The molecule has 3 atom stereocenters. The zero-order chi connectivity index (χ0) is 20.1. The zero-order valence-corrected chi connectivity index (χ0v) is 20.3. The number of nitrogens with one attached hydrogen (secondary N) is 1. The molecule has 1 aliphatic carbocycles. The molecule has 3 unspecified atom stereocenters. The van der Waals surface area contributed by atoms with Crippen LogP contribution in [0.1, 0.15) is 67.2 Å². The number of hydrogen-bond donors (Lipinski definition) is 1. The van der Waals surface area contributed by atoms with Crippen LogP contribution in [0, 0.1) is 17.3 Å². The van der Waals surface area contributed by atoms with Gasteiger partial charge in [-0.2, -0.15) is 0 Å². The van der Waals surface area contributed by atoms with E-state index < -0.39 is 0 Å². The van der Waals surface area contributed by atoms with Crippen molar-refractivity contribution < 1.29 is 22.6 Å². The van der Waals surface area contributed by atoms with E-state index >= 15 is 0 Å². The quantitative estimate of drug-likeness (QED) is 0.369. The summed E-state index contributed by atoms with van der Waals surface area (Å²) in [7, 11) is 0. The molecule has 0 saturated carbocycles. The van der Waals surface area contributed by atoms with Crippen molar-refractivity contribution in [2.75, 3.05) is 6.54 Å². The smallest absolute Gasteiger partial charge is 0.0301 e. The first-order valence-electron chi connectivity index (χ1n) is 10.6. The van der Waals surface area contributed by atoms with Gasteiger partial charge in [0.05, 0.1) is 0 Å². The van der Waals surface area contributed by atoms with Crippen LogP contribution in [0.5, 0.6) is 0 Å². The van der Waals surface area contributed by atoms with Gasteiger partial charge >= 0.3 is 0 Å². The molecule has 27 heavy (non-hydrogen) atoms. The average Bonchev–Trinajstić information content (AvgIpc) is 2.81. The van der Waals surface area contributed by atoms with Crippen molar-refractivity contribution in [1.29, 1.82) is 0 Å². The third-order valence-electron chi connectivity index (χ3n) is 6.22. The summed E-state index contributed by atoms with van der Waals surface area (Å²) in [5.74, 6) is 1.17. The van der Waals surface area contributed by atoms with E-state index in [9.17, 15) is 0 Å². The topological polar surface area (TPSA) is 12.0 Å². The van der Waals surface area contributed by atoms with Crippen molar-refractivity contribution in [3.63, 3.8) is 0 Å². The van der Waals surface area contributed by atoms with Crippen molar-refractivity contribution in [2.45, 2.75) is 70.6 Å². The van der Waals surface area contributed by atoms with Crippen LogP contribution in [0.2, 0.25) is 0 Å². The van der Waals surface area contributed by atoms with Crippen LogP contribution in [0.3, 0.4) is 0 Å². The van der Waals surface area contributed by atoms with Crippen LogP contribution in [0.15, 0.2) is 59.4 Å². The average molecular weight is 479 g/mol. The minimum absolute atomic E-state index is 0.0558. The van der Waals surface area contributed by atoms with Gasteiger partial charge in [0.1, 0.15) is 0 Å². The number of rotatable bonds is 4. The van der Waals surface area contributed by atoms with E-state index in [1.807, 2.05) is 0 Å². The Hall–Kier alpha value is -0.770. The second-order valence-corrected chi connectivity index (χ2v) is 11.3. The summed E-state index contributed by atoms with van der Waals surface area (Å²) in [6.07, 6.45) is 21.4. The number of allylic oxidation sites excluding steroid dienone is 7. The van der Waals surface area contributed by atoms with Gasteiger partial charge in [-0.15, -0.1) is 3.42 Å². The summed E-state index contributed by atoms with van der Waals surface area (Å²) >= 11 is 2.55. The van der Waals surface area contributed by atoms with Crippen LogP contribution >= 0.6 is 0 Å². The molecule has 2 aliphatic rings. The van der Waals surface area contributed by atoms with E-state index in [-0.39, 0.29) is 8.84 Å². The Labute approximate surface area is 181 Å². The molecule has 0 bridgehead atoms. The predicted molar refractivity (Wildman–Crippen MR) is 115 cm³/mol. The van der Waals surface area contributed by atoms with Gasteiger partial charge in [0.2, 0.25) is 0 Å². The Bertz CT molecular complexity index is 656. The summed E-state index contributed by atoms with van der Waals surface area (Å²) in [6.45, 7) is 14.7. The van der Waals surface area contributed by atoms with Gasteiger partial charge in [0, 0.05) is 12.0 Å². The van der Waals surface area contributed by atoms with Crippen LogP contribution < -0.4 is 27.9 Å². The minimum atomic E-state index is 0.0558. The van der Waals surface area contributed by atoms with Crippen molar-refractivity contribution >= 4 is 0 Å². The van der Waals surface area contributed by atoms with E-state index in [0.29, 0.717) is 11.8 Å². The van der Waals surface area contributed by atoms with Gasteiger partial charge < -0.3 is 27.9 Å². The molecule has 1 nitrogen and oxygen atoms in total. The Balaban J connectivity index is 2.68. The van der Waals surface area contributed by atoms with Gasteiger partial charge in [0.15, 0.2) is 0 Å². The molecular formula is C25H38IN-. The van der Waals surface area contributed by atoms with E-state index in [4.69, 9.17) is 0 Å². The predicted octanol–water partition coefficient (Wildman–Crippen LogP) is 3.64. The third-order valence-corrected chi connectivity index (χ3v) is 6.84. The fourth-order valence-electron chi connectivity index (χ4n) is 4.33. The van der Waals surface area contributed by atoms with E-state index in [1.165, 1.54) is 18.4 Å². The molecule has 151 valence electrons. The molecule has 0 fully saturated rings. The molecule has 0 aromatic carbocycles. The van der Waals surface area contributed by atoms with Crippen molar-refractivity contribution in [3.05, 3.63) is 59.4 Å². The number of alkyl halides is 1. The molecule has 0 saturated heterocycles.